The van der Waals surface area contributed by atoms with Gasteiger partial charge in [-0.2, -0.15) is 4.98 Å². The fourth-order valence-corrected chi connectivity index (χ4v) is 8.86. The van der Waals surface area contributed by atoms with Crippen LogP contribution in [-0.2, 0) is 32.0 Å². The Balaban J connectivity index is 1.21. The van der Waals surface area contributed by atoms with E-state index in [2.05, 4.69) is 54.4 Å². The number of aromatic nitrogens is 8. The number of anilines is 2. The summed E-state index contributed by atoms with van der Waals surface area (Å²) in [7, 11) is 0. The Morgan fingerprint density at radius 3 is 2.38 bits per heavy atom. The second kappa shape index (κ2) is 11.3. The first-order valence-corrected chi connectivity index (χ1v) is 18.7. The Labute approximate surface area is 262 Å². The second-order valence-electron chi connectivity index (χ2n) is 10.6. The lowest BCUT2D eigenvalue weighted by molar-refractivity contribution is -0.0517. The van der Waals surface area contributed by atoms with Crippen molar-refractivity contribution >= 4 is 72.2 Å². The van der Waals surface area contributed by atoms with E-state index in [9.17, 15) is 24.1 Å². The van der Waals surface area contributed by atoms with Crippen LogP contribution >= 0.6 is 38.1 Å². The number of nitrogen functional groups attached to an aromatic ring is 2. The van der Waals surface area contributed by atoms with Crippen LogP contribution < -0.4 is 17.0 Å². The Hall–Kier alpha value is -2.62. The van der Waals surface area contributed by atoms with E-state index >= 15 is 0 Å². The summed E-state index contributed by atoms with van der Waals surface area (Å²) in [4.78, 5) is 35.2. The third kappa shape index (κ3) is 5.57. The molecule has 4 aromatic heterocycles. The van der Waals surface area contributed by atoms with Gasteiger partial charge in [0.05, 0.1) is 31.9 Å². The Kier molecular flexibility index (Phi) is 7.76. The number of rotatable bonds is 2. The van der Waals surface area contributed by atoms with Gasteiger partial charge in [0, 0.05) is 5.92 Å². The van der Waals surface area contributed by atoms with Crippen LogP contribution in [0.4, 0.5) is 11.8 Å². The molecule has 2 aliphatic heterocycles. The number of aromatic amines is 1. The van der Waals surface area contributed by atoms with Gasteiger partial charge >= 0.3 is 13.6 Å². The summed E-state index contributed by atoms with van der Waals surface area (Å²) in [5.41, 5.74) is 11.5. The summed E-state index contributed by atoms with van der Waals surface area (Å²) in [6.07, 6.45) is -4.04. The second-order valence-corrected chi connectivity index (χ2v) is 16.4. The molecule has 20 nitrogen and oxygen atoms in total. The van der Waals surface area contributed by atoms with Crippen molar-refractivity contribution in [3.8, 4) is 0 Å². The lowest BCUT2D eigenvalue weighted by Crippen LogP contribution is -2.35. The number of ether oxygens (including phenoxy) is 1. The predicted octanol–water partition coefficient (Wildman–Crippen LogP) is 0.197. The number of aliphatic hydroxyl groups is 2. The third-order valence-electron chi connectivity index (χ3n) is 7.89. The molecule has 242 valence electrons. The first-order valence-electron chi connectivity index (χ1n) is 13.3. The molecule has 0 radical (unpaired) electrons. The molecule has 3 fully saturated rings. The minimum Gasteiger partial charge on any atom is -0.388 e. The molecule has 2 bridgehead atoms. The third-order valence-corrected chi connectivity index (χ3v) is 11.1. The van der Waals surface area contributed by atoms with Gasteiger partial charge in [-0.25, -0.2) is 29.1 Å². The monoisotopic (exact) mass is 704 g/mol. The van der Waals surface area contributed by atoms with Crippen molar-refractivity contribution in [3.05, 3.63) is 29.3 Å². The van der Waals surface area contributed by atoms with Crippen molar-refractivity contribution in [1.29, 1.82) is 0 Å². The van der Waals surface area contributed by atoms with Crippen LogP contribution in [0.15, 0.2) is 23.8 Å². The van der Waals surface area contributed by atoms with Gasteiger partial charge in [0.2, 0.25) is 5.95 Å². The lowest BCUT2D eigenvalue weighted by atomic mass is 10.1. The minimum absolute atomic E-state index is 0.0178. The number of H-pyrrole nitrogens is 1. The largest absolute Gasteiger partial charge is 0.388 e. The molecule has 45 heavy (non-hydrogen) atoms. The molecule has 10 atom stereocenters. The maximum atomic E-state index is 13.6. The molecule has 1 aliphatic carbocycles. The van der Waals surface area contributed by atoms with Crippen molar-refractivity contribution in [2.75, 3.05) is 24.7 Å². The fraction of sp³-hybridized carbons (Fsp3) is 0.524. The summed E-state index contributed by atoms with van der Waals surface area (Å²) < 4.78 is 58.4. The average molecular weight is 705 g/mol. The van der Waals surface area contributed by atoms with Gasteiger partial charge in [-0.1, -0.05) is 24.5 Å². The van der Waals surface area contributed by atoms with Gasteiger partial charge < -0.3 is 35.5 Å². The van der Waals surface area contributed by atoms with Gasteiger partial charge in [0.15, 0.2) is 28.9 Å². The lowest BCUT2D eigenvalue weighted by Gasteiger charge is -2.27. The van der Waals surface area contributed by atoms with E-state index < -0.39 is 74.5 Å². The molecular formula is C21H26N10O10P2S2. The number of hydrogen-bond acceptors (Lipinski definition) is 17. The summed E-state index contributed by atoms with van der Waals surface area (Å²) in [6, 6.07) is -0.729. The Morgan fingerprint density at radius 2 is 1.60 bits per heavy atom. The standard InChI is InChI=1S/C21H26N10O10P2S2/c22-16-10-17(25-4-24-16)30(5-26-10)8-1-7-2-37-42(35,44)41-15-13(33)9(3-38-43(36,45)40-14(7)12(8)32)39-20(15)31-6-27-11-18(31)28-21(23)29-19(11)34/h4-9,12-15,20,32-33H,1-3H2,(H,35,44)(H,36,45)(H2,22,24,25)(H3,23,28,29,34)/t7-,8-,9-,12+,13-,14-,15-,20-,42-,43+/m1/s1. The number of fused-ring (bicyclic) bond motifs is 5. The molecule has 0 spiro atoms. The first-order chi connectivity index (χ1) is 21.3. The molecule has 7 N–H and O–H groups in total. The van der Waals surface area contributed by atoms with Crippen LogP contribution in [0, 0.1) is 5.92 Å². The van der Waals surface area contributed by atoms with Gasteiger partial charge in [-0.05, 0) is 6.42 Å². The number of imidazole rings is 2. The Morgan fingerprint density at radius 1 is 0.911 bits per heavy atom. The quantitative estimate of drug-likeness (QED) is 0.108. The van der Waals surface area contributed by atoms with E-state index in [-0.39, 0.29) is 36.0 Å². The molecule has 3 aliphatic rings. The number of nitrogens with two attached hydrogens (primary N) is 2. The molecule has 0 unspecified atom stereocenters. The van der Waals surface area contributed by atoms with E-state index in [0.717, 1.165) is 0 Å². The SMILES string of the molecule is Nc1nc2c(ncn2[C@@H]2O[C@@H]3CO[P@](=O)(S)O[C@@H]4[C@@H](CO[P@@](=O)(S)O[C@@H]2[C@@H]3O)C[C@@H](n2cnc3c(N)ncnc32)[C@@H]4O)c(=O)[nH]1. The van der Waals surface area contributed by atoms with Gasteiger partial charge in [0.1, 0.15) is 42.4 Å². The van der Waals surface area contributed by atoms with Crippen LogP contribution in [0.2, 0.25) is 0 Å². The predicted molar refractivity (Wildman–Crippen MR) is 160 cm³/mol. The minimum atomic E-state index is -4.30. The average Bonchev–Trinajstić information content (AvgIpc) is 3.72. The molecule has 0 amide bonds. The zero-order valence-corrected chi connectivity index (χ0v) is 26.3. The summed E-state index contributed by atoms with van der Waals surface area (Å²) >= 11 is 8.23. The van der Waals surface area contributed by atoms with E-state index in [1.54, 1.807) is 4.57 Å². The molecule has 0 aromatic carbocycles. The van der Waals surface area contributed by atoms with Crippen LogP contribution in [0.5, 0.6) is 0 Å². The number of aliphatic hydroxyl groups excluding tert-OH is 2. The maximum Gasteiger partial charge on any atom is 0.386 e. The van der Waals surface area contributed by atoms with E-state index in [4.69, 9.17) is 34.3 Å². The zero-order chi connectivity index (χ0) is 31.8. The highest BCUT2D eigenvalue weighted by molar-refractivity contribution is 8.44. The highest BCUT2D eigenvalue weighted by Gasteiger charge is 2.52. The zero-order valence-electron chi connectivity index (χ0n) is 22.7. The molecule has 7 rings (SSSR count). The molecule has 4 aromatic rings. The summed E-state index contributed by atoms with van der Waals surface area (Å²) in [5.74, 6) is -0.821. The maximum absolute atomic E-state index is 13.6. The van der Waals surface area contributed by atoms with Crippen molar-refractivity contribution in [2.45, 2.75) is 49.2 Å². The highest BCUT2D eigenvalue weighted by Crippen LogP contribution is 2.61. The van der Waals surface area contributed by atoms with Crippen LogP contribution in [0.25, 0.3) is 22.3 Å². The molecule has 2 saturated heterocycles. The van der Waals surface area contributed by atoms with Crippen molar-refractivity contribution < 1.29 is 42.2 Å². The number of nitrogens with one attached hydrogen (secondary N) is 1. The van der Waals surface area contributed by atoms with Gasteiger partial charge in [0.25, 0.3) is 5.56 Å². The van der Waals surface area contributed by atoms with Crippen LogP contribution in [-0.4, -0.2) is 93.0 Å². The summed E-state index contributed by atoms with van der Waals surface area (Å²) in [6.45, 7) is -9.45. The number of hydrogen-bond donors (Lipinski definition) is 7. The number of thiol groups is 2. The van der Waals surface area contributed by atoms with Gasteiger partial charge in [-0.3, -0.25) is 27.9 Å². The first kappa shape index (κ1) is 31.0. The molecular weight excluding hydrogens is 678 g/mol. The molecule has 24 heteroatoms. The number of nitrogens with zero attached hydrogens (tertiary/aromatic N) is 7. The topological polar surface area (TPSA) is 280 Å². The Bertz CT molecular complexity index is 1940. The van der Waals surface area contributed by atoms with E-state index in [1.165, 1.54) is 23.5 Å². The van der Waals surface area contributed by atoms with Crippen LogP contribution in [0.1, 0.15) is 18.7 Å². The van der Waals surface area contributed by atoms with Crippen LogP contribution in [0.3, 0.4) is 0 Å². The van der Waals surface area contributed by atoms with Gasteiger partial charge in [-0.15, -0.1) is 0 Å². The van der Waals surface area contributed by atoms with E-state index in [0.29, 0.717) is 11.2 Å². The summed E-state index contributed by atoms with van der Waals surface area (Å²) in [5, 5.41) is 22.5. The fourth-order valence-electron chi connectivity index (χ4n) is 5.83. The van der Waals surface area contributed by atoms with Crippen molar-refractivity contribution in [1.82, 2.24) is 39.0 Å². The normalized spacial score (nSPS) is 37.7. The molecule has 6 heterocycles. The van der Waals surface area contributed by atoms with E-state index in [1.807, 2.05) is 0 Å². The van der Waals surface area contributed by atoms with Crippen molar-refractivity contribution in [3.63, 3.8) is 0 Å². The smallest absolute Gasteiger partial charge is 0.386 e. The molecule has 1 saturated carbocycles. The van der Waals surface area contributed by atoms with Crippen molar-refractivity contribution in [2.24, 2.45) is 5.92 Å². The highest BCUT2D eigenvalue weighted by atomic mass is 32.7.